The summed E-state index contributed by atoms with van der Waals surface area (Å²) in [6.07, 6.45) is -0.274. The van der Waals surface area contributed by atoms with Crippen LogP contribution in [-0.4, -0.2) is 20.9 Å². The molecule has 19 heavy (non-hydrogen) atoms. The van der Waals surface area contributed by atoms with Gasteiger partial charge in [0.2, 0.25) is 0 Å². The van der Waals surface area contributed by atoms with E-state index in [2.05, 4.69) is 21.0 Å². The van der Waals surface area contributed by atoms with Gasteiger partial charge in [-0.3, -0.25) is 14.7 Å². The molecule has 2 aromatic rings. The summed E-state index contributed by atoms with van der Waals surface area (Å²) in [6.45, 7) is 3.62. The first kappa shape index (κ1) is 13.6. The molecule has 0 amide bonds. The number of H-pyrrole nitrogens is 1. The lowest BCUT2D eigenvalue weighted by atomic mass is 10.2. The van der Waals surface area contributed by atoms with E-state index in [0.717, 1.165) is 10.0 Å². The number of rotatable bonds is 3. The molecule has 0 atom stereocenters. The summed E-state index contributed by atoms with van der Waals surface area (Å²) >= 11 is 3.40. The number of nitrogens with zero attached hydrogens (tertiary/aromatic N) is 1. The third-order valence-corrected chi connectivity index (χ3v) is 3.81. The monoisotopic (exact) mass is 324 g/mol. The number of aromatic amines is 1. The van der Waals surface area contributed by atoms with Crippen LogP contribution >= 0.6 is 15.9 Å². The Morgan fingerprint density at radius 1 is 1.42 bits per heavy atom. The van der Waals surface area contributed by atoms with Gasteiger partial charge in [0, 0.05) is 10.2 Å². The summed E-state index contributed by atoms with van der Waals surface area (Å²) in [7, 11) is 0. The quantitative estimate of drug-likeness (QED) is 0.908. The Bertz CT molecular complexity index is 700. The molecule has 0 aliphatic rings. The van der Waals surface area contributed by atoms with Crippen molar-refractivity contribution in [2.24, 2.45) is 0 Å². The Morgan fingerprint density at radius 2 is 2.11 bits per heavy atom. The molecule has 1 aromatic heterocycles. The minimum absolute atomic E-state index is 0.274. The standard InChI is InChI=1S/C13H13BrN2O3/c1-7-5-9(3-4-11(7)14)16-13(19)10(6-12(17)18)8(2)15-16/h3-5,15H,6H2,1-2H3,(H,17,18). The van der Waals surface area contributed by atoms with Gasteiger partial charge in [-0.1, -0.05) is 15.9 Å². The summed E-state index contributed by atoms with van der Waals surface area (Å²) in [6, 6.07) is 5.50. The fourth-order valence-electron chi connectivity index (χ4n) is 1.89. The van der Waals surface area contributed by atoms with Crippen LogP contribution in [0.25, 0.3) is 5.69 Å². The highest BCUT2D eigenvalue weighted by Gasteiger charge is 2.15. The van der Waals surface area contributed by atoms with E-state index in [1.807, 2.05) is 19.1 Å². The number of halogens is 1. The van der Waals surface area contributed by atoms with E-state index in [1.165, 1.54) is 4.68 Å². The maximum Gasteiger partial charge on any atom is 0.308 e. The van der Waals surface area contributed by atoms with Gasteiger partial charge in [0.1, 0.15) is 0 Å². The second kappa shape index (κ2) is 5.05. The van der Waals surface area contributed by atoms with E-state index in [1.54, 1.807) is 13.0 Å². The van der Waals surface area contributed by atoms with Crippen LogP contribution in [0.3, 0.4) is 0 Å². The molecule has 2 N–H and O–H groups in total. The van der Waals surface area contributed by atoms with E-state index < -0.39 is 5.97 Å². The number of hydrogen-bond acceptors (Lipinski definition) is 2. The first-order valence-corrected chi connectivity index (χ1v) is 6.48. The van der Waals surface area contributed by atoms with Crippen LogP contribution in [0.4, 0.5) is 0 Å². The Balaban J connectivity index is 2.54. The molecule has 5 nitrogen and oxygen atoms in total. The molecule has 100 valence electrons. The third kappa shape index (κ3) is 2.63. The summed E-state index contributed by atoms with van der Waals surface area (Å²) in [5, 5.41) is 11.7. The molecule has 0 saturated heterocycles. The van der Waals surface area contributed by atoms with Crippen molar-refractivity contribution in [2.45, 2.75) is 20.3 Å². The SMILES string of the molecule is Cc1cc(-n2[nH]c(C)c(CC(=O)O)c2=O)ccc1Br. The van der Waals surface area contributed by atoms with Crippen molar-refractivity contribution in [1.82, 2.24) is 9.78 Å². The van der Waals surface area contributed by atoms with Crippen LogP contribution in [0, 0.1) is 13.8 Å². The number of carboxylic acids is 1. The molecular weight excluding hydrogens is 312 g/mol. The Labute approximate surface area is 118 Å². The van der Waals surface area contributed by atoms with Crippen molar-refractivity contribution in [1.29, 1.82) is 0 Å². The van der Waals surface area contributed by atoms with Gasteiger partial charge in [0.15, 0.2) is 0 Å². The molecule has 0 aliphatic heterocycles. The fourth-order valence-corrected chi connectivity index (χ4v) is 2.14. The first-order valence-electron chi connectivity index (χ1n) is 5.69. The molecule has 1 aromatic carbocycles. The maximum absolute atomic E-state index is 12.2. The Kier molecular flexibility index (Phi) is 3.61. The number of carbonyl (C=O) groups is 1. The number of aryl methyl sites for hydroxylation is 2. The van der Waals surface area contributed by atoms with Gasteiger partial charge in [-0.2, -0.15) is 0 Å². The zero-order chi connectivity index (χ0) is 14.2. The Morgan fingerprint density at radius 3 is 2.68 bits per heavy atom. The lowest BCUT2D eigenvalue weighted by Crippen LogP contribution is -2.19. The number of aliphatic carboxylic acids is 1. The molecule has 1 heterocycles. The normalized spacial score (nSPS) is 10.7. The fraction of sp³-hybridized carbons (Fsp3) is 0.231. The molecule has 0 fully saturated rings. The Hall–Kier alpha value is -1.82. The van der Waals surface area contributed by atoms with Gasteiger partial charge in [-0.05, 0) is 37.6 Å². The molecular formula is C13H13BrN2O3. The molecule has 6 heteroatoms. The second-order valence-corrected chi connectivity index (χ2v) is 5.21. The zero-order valence-corrected chi connectivity index (χ0v) is 12.1. The summed E-state index contributed by atoms with van der Waals surface area (Å²) < 4.78 is 2.32. The smallest absolute Gasteiger partial charge is 0.308 e. The predicted molar refractivity (Wildman–Crippen MR) is 74.9 cm³/mol. The zero-order valence-electron chi connectivity index (χ0n) is 10.5. The van der Waals surface area contributed by atoms with Crippen LogP contribution in [0.2, 0.25) is 0 Å². The van der Waals surface area contributed by atoms with Crippen molar-refractivity contribution in [3.8, 4) is 5.69 Å². The maximum atomic E-state index is 12.2. The molecule has 0 unspecified atom stereocenters. The van der Waals surface area contributed by atoms with Crippen molar-refractivity contribution >= 4 is 21.9 Å². The number of benzene rings is 1. The molecule has 0 aliphatic carbocycles. The van der Waals surface area contributed by atoms with Crippen LogP contribution < -0.4 is 5.56 Å². The van der Waals surface area contributed by atoms with Gasteiger partial charge < -0.3 is 5.11 Å². The second-order valence-electron chi connectivity index (χ2n) is 4.36. The highest BCUT2D eigenvalue weighted by molar-refractivity contribution is 9.10. The molecule has 2 rings (SSSR count). The summed E-state index contributed by atoms with van der Waals surface area (Å²) in [5.74, 6) is -1.02. The number of hydrogen-bond donors (Lipinski definition) is 2. The number of aromatic nitrogens is 2. The van der Waals surface area contributed by atoms with Crippen molar-refractivity contribution in [2.75, 3.05) is 0 Å². The molecule has 0 saturated carbocycles. The molecule has 0 spiro atoms. The van der Waals surface area contributed by atoms with E-state index in [4.69, 9.17) is 5.11 Å². The van der Waals surface area contributed by atoms with Crippen molar-refractivity contribution in [3.63, 3.8) is 0 Å². The predicted octanol–water partition coefficient (Wildman–Crippen LogP) is 2.17. The van der Waals surface area contributed by atoms with Crippen LogP contribution in [0.5, 0.6) is 0 Å². The van der Waals surface area contributed by atoms with Gasteiger partial charge >= 0.3 is 5.97 Å². The van der Waals surface area contributed by atoms with E-state index in [-0.39, 0.29) is 17.5 Å². The van der Waals surface area contributed by atoms with E-state index in [9.17, 15) is 9.59 Å². The van der Waals surface area contributed by atoms with Gasteiger partial charge in [0.05, 0.1) is 17.7 Å². The average molecular weight is 325 g/mol. The van der Waals surface area contributed by atoms with Crippen LogP contribution in [0.1, 0.15) is 16.8 Å². The minimum atomic E-state index is -1.02. The summed E-state index contributed by atoms with van der Waals surface area (Å²) in [4.78, 5) is 22.9. The molecule has 0 bridgehead atoms. The van der Waals surface area contributed by atoms with Crippen molar-refractivity contribution in [3.05, 3.63) is 49.8 Å². The van der Waals surface area contributed by atoms with E-state index >= 15 is 0 Å². The minimum Gasteiger partial charge on any atom is -0.481 e. The highest BCUT2D eigenvalue weighted by Crippen LogP contribution is 2.18. The average Bonchev–Trinajstić information content (AvgIpc) is 2.60. The third-order valence-electron chi connectivity index (χ3n) is 2.92. The topological polar surface area (TPSA) is 75.1 Å². The first-order chi connectivity index (χ1) is 8.90. The van der Waals surface area contributed by atoms with Crippen LogP contribution in [0.15, 0.2) is 27.5 Å². The molecule has 0 radical (unpaired) electrons. The number of nitrogens with one attached hydrogen (secondary N) is 1. The van der Waals surface area contributed by atoms with Gasteiger partial charge in [0.25, 0.3) is 5.56 Å². The highest BCUT2D eigenvalue weighted by atomic mass is 79.9. The van der Waals surface area contributed by atoms with E-state index in [0.29, 0.717) is 11.4 Å². The van der Waals surface area contributed by atoms with Crippen molar-refractivity contribution < 1.29 is 9.90 Å². The summed E-state index contributed by atoms with van der Waals surface area (Å²) in [5.41, 5.74) is 2.23. The lowest BCUT2D eigenvalue weighted by molar-refractivity contribution is -0.136. The van der Waals surface area contributed by atoms with Gasteiger partial charge in [-0.25, -0.2) is 4.68 Å². The van der Waals surface area contributed by atoms with Gasteiger partial charge in [-0.15, -0.1) is 0 Å². The van der Waals surface area contributed by atoms with Crippen LogP contribution in [-0.2, 0) is 11.2 Å². The number of carboxylic acid groups (broad SMARTS) is 1. The lowest BCUT2D eigenvalue weighted by Gasteiger charge is -2.04. The largest absolute Gasteiger partial charge is 0.481 e.